The van der Waals surface area contributed by atoms with Crippen molar-refractivity contribution in [2.75, 3.05) is 32.6 Å². The highest BCUT2D eigenvalue weighted by molar-refractivity contribution is 5.95. The quantitative estimate of drug-likeness (QED) is 0.428. The molecule has 26 heavy (non-hydrogen) atoms. The van der Waals surface area contributed by atoms with Gasteiger partial charge in [-0.25, -0.2) is 0 Å². The predicted molar refractivity (Wildman–Crippen MR) is 93.2 cm³/mol. The lowest BCUT2D eigenvalue weighted by Gasteiger charge is -2.31. The summed E-state index contributed by atoms with van der Waals surface area (Å²) in [6, 6.07) is 3.69. The number of hydrogen-bond acceptors (Lipinski definition) is 6. The highest BCUT2D eigenvalue weighted by Gasteiger charge is 2.33. The maximum absolute atomic E-state index is 12.6. The van der Waals surface area contributed by atoms with Crippen molar-refractivity contribution < 1.29 is 28.9 Å². The minimum absolute atomic E-state index is 0.115. The topological polar surface area (TPSA) is 112 Å². The molecule has 2 rings (SSSR count). The van der Waals surface area contributed by atoms with Gasteiger partial charge in [-0.05, 0) is 13.0 Å². The van der Waals surface area contributed by atoms with Gasteiger partial charge in [-0.1, -0.05) is 0 Å². The Bertz CT molecular complexity index is 685. The van der Waals surface area contributed by atoms with Gasteiger partial charge in [-0.2, -0.15) is 0 Å². The first-order valence-corrected chi connectivity index (χ1v) is 8.43. The second kappa shape index (κ2) is 8.61. The molecular weight excluding hydrogens is 342 g/mol. The van der Waals surface area contributed by atoms with E-state index in [0.717, 1.165) is 4.90 Å². The van der Waals surface area contributed by atoms with E-state index in [1.807, 2.05) is 0 Å². The average Bonchev–Trinajstić information content (AvgIpc) is 2.66. The van der Waals surface area contributed by atoms with Crippen LogP contribution in [-0.2, 0) is 14.3 Å². The zero-order valence-corrected chi connectivity index (χ0v) is 15.1. The van der Waals surface area contributed by atoms with Crippen molar-refractivity contribution in [2.24, 2.45) is 5.92 Å². The number of nitrogens with zero attached hydrogens (tertiary/aromatic N) is 1. The summed E-state index contributed by atoms with van der Waals surface area (Å²) in [5, 5.41) is 13.7. The Labute approximate surface area is 151 Å². The van der Waals surface area contributed by atoms with Crippen LogP contribution in [0.1, 0.15) is 19.8 Å². The number of carbonyl (C=O) groups excluding carboxylic acids is 2. The molecule has 142 valence electrons. The minimum Gasteiger partial charge on any atom is -0.495 e. The molecular formula is C17H24N3O6+. The molecule has 0 saturated carbocycles. The van der Waals surface area contributed by atoms with E-state index >= 15 is 0 Å². The summed E-state index contributed by atoms with van der Waals surface area (Å²) in [6.07, 6.45) is 1.33. The van der Waals surface area contributed by atoms with Gasteiger partial charge in [0.05, 0.1) is 43.8 Å². The van der Waals surface area contributed by atoms with Crippen molar-refractivity contribution in [3.05, 3.63) is 28.3 Å². The first-order valence-electron chi connectivity index (χ1n) is 8.43. The number of hydrogen-bond donors (Lipinski definition) is 2. The molecule has 1 amide bonds. The van der Waals surface area contributed by atoms with E-state index in [1.54, 1.807) is 6.92 Å². The molecule has 9 heteroatoms. The third-order valence-corrected chi connectivity index (χ3v) is 4.82. The molecule has 2 N–H and O–H groups in total. The summed E-state index contributed by atoms with van der Waals surface area (Å²) >= 11 is 0. The molecule has 9 nitrogen and oxygen atoms in total. The van der Waals surface area contributed by atoms with E-state index in [2.05, 4.69) is 5.32 Å². The largest absolute Gasteiger partial charge is 0.495 e. The van der Waals surface area contributed by atoms with Crippen LogP contribution in [0.25, 0.3) is 0 Å². The van der Waals surface area contributed by atoms with Gasteiger partial charge >= 0.3 is 5.97 Å². The SMILES string of the molecule is COC(=O)C1CC[NH+]([C@H](C)C(=O)Nc2cc([N+](=O)[O-])ccc2OC)CC1. The summed E-state index contributed by atoms with van der Waals surface area (Å²) in [5.74, 6) is -0.218. The van der Waals surface area contributed by atoms with E-state index in [0.29, 0.717) is 31.7 Å². The Morgan fingerprint density at radius 2 is 1.96 bits per heavy atom. The second-order valence-electron chi connectivity index (χ2n) is 6.31. The van der Waals surface area contributed by atoms with Gasteiger partial charge in [0.15, 0.2) is 6.04 Å². The summed E-state index contributed by atoms with van der Waals surface area (Å²) in [6.45, 7) is 3.16. The van der Waals surface area contributed by atoms with Gasteiger partial charge in [0.25, 0.3) is 11.6 Å². The minimum atomic E-state index is -0.526. The van der Waals surface area contributed by atoms with Crippen molar-refractivity contribution in [2.45, 2.75) is 25.8 Å². The number of nitro benzene ring substituents is 1. The fourth-order valence-corrected chi connectivity index (χ4v) is 3.16. The average molecular weight is 366 g/mol. The van der Waals surface area contributed by atoms with Gasteiger partial charge in [0, 0.05) is 25.0 Å². The molecule has 1 heterocycles. The smallest absolute Gasteiger partial charge is 0.309 e. The zero-order chi connectivity index (χ0) is 19.3. The molecule has 0 aromatic heterocycles. The summed E-state index contributed by atoms with van der Waals surface area (Å²) in [7, 11) is 2.81. The fourth-order valence-electron chi connectivity index (χ4n) is 3.16. The molecule has 1 aromatic rings. The van der Waals surface area contributed by atoms with Crippen LogP contribution in [0.4, 0.5) is 11.4 Å². The van der Waals surface area contributed by atoms with Crippen LogP contribution in [0, 0.1) is 16.0 Å². The lowest BCUT2D eigenvalue weighted by Crippen LogP contribution is -3.17. The van der Waals surface area contributed by atoms with Gasteiger partial charge < -0.3 is 19.7 Å². The number of piperidine rings is 1. The molecule has 0 unspecified atom stereocenters. The van der Waals surface area contributed by atoms with Crippen molar-refractivity contribution in [1.82, 2.24) is 0 Å². The van der Waals surface area contributed by atoms with Gasteiger partial charge in [-0.15, -0.1) is 0 Å². The third-order valence-electron chi connectivity index (χ3n) is 4.82. The number of quaternary nitrogens is 1. The van der Waals surface area contributed by atoms with Crippen molar-refractivity contribution in [3.8, 4) is 5.75 Å². The first kappa shape index (κ1) is 19.6. The van der Waals surface area contributed by atoms with E-state index in [-0.39, 0.29) is 35.2 Å². The van der Waals surface area contributed by atoms with Crippen LogP contribution in [0.15, 0.2) is 18.2 Å². The van der Waals surface area contributed by atoms with Gasteiger partial charge in [-0.3, -0.25) is 19.7 Å². The van der Waals surface area contributed by atoms with Crippen LogP contribution < -0.4 is 15.0 Å². The Balaban J connectivity index is 2.02. The summed E-state index contributed by atoms with van der Waals surface area (Å²) in [4.78, 5) is 35.7. The molecule has 1 aliphatic heterocycles. The van der Waals surface area contributed by atoms with Crippen LogP contribution in [0.2, 0.25) is 0 Å². The standard InChI is InChI=1S/C17H23N3O6/c1-11(19-8-6-12(7-9-19)17(22)26-3)16(21)18-14-10-13(20(23)24)4-5-15(14)25-2/h4-5,10-12H,6-9H2,1-3H3,(H,18,21)/p+1/t11-/m1/s1. The lowest BCUT2D eigenvalue weighted by molar-refractivity contribution is -0.919. The number of likely N-dealkylation sites (tertiary alicyclic amines) is 1. The highest BCUT2D eigenvalue weighted by Crippen LogP contribution is 2.28. The Hall–Kier alpha value is -2.68. The number of methoxy groups -OCH3 is 2. The van der Waals surface area contributed by atoms with Crippen LogP contribution >= 0.6 is 0 Å². The van der Waals surface area contributed by atoms with Crippen molar-refractivity contribution in [3.63, 3.8) is 0 Å². The number of benzene rings is 1. The Morgan fingerprint density at radius 3 is 2.50 bits per heavy atom. The monoisotopic (exact) mass is 366 g/mol. The molecule has 0 aliphatic carbocycles. The van der Waals surface area contributed by atoms with Crippen molar-refractivity contribution in [1.29, 1.82) is 0 Å². The number of rotatable bonds is 6. The van der Waals surface area contributed by atoms with Crippen LogP contribution in [0.5, 0.6) is 5.75 Å². The number of non-ortho nitro benzene ring substituents is 1. The van der Waals surface area contributed by atoms with Crippen molar-refractivity contribution >= 4 is 23.3 Å². The van der Waals surface area contributed by atoms with Gasteiger partial charge in [0.2, 0.25) is 0 Å². The molecule has 1 atom stereocenters. The van der Waals surface area contributed by atoms with E-state index < -0.39 is 4.92 Å². The normalized spacial score (nSPS) is 20.7. The lowest BCUT2D eigenvalue weighted by atomic mass is 9.96. The molecule has 0 radical (unpaired) electrons. The second-order valence-corrected chi connectivity index (χ2v) is 6.31. The highest BCUT2D eigenvalue weighted by atomic mass is 16.6. The number of amides is 1. The van der Waals surface area contributed by atoms with Gasteiger partial charge in [0.1, 0.15) is 5.75 Å². The van der Waals surface area contributed by atoms with E-state index in [1.165, 1.54) is 32.4 Å². The molecule has 0 bridgehead atoms. The molecule has 1 aromatic carbocycles. The number of carbonyl (C=O) groups is 2. The number of ether oxygens (including phenoxy) is 2. The number of anilines is 1. The molecule has 0 spiro atoms. The zero-order valence-electron chi connectivity index (χ0n) is 15.1. The predicted octanol–water partition coefficient (Wildman–Crippen LogP) is 0.398. The summed E-state index contributed by atoms with van der Waals surface area (Å²) < 4.78 is 9.93. The Morgan fingerprint density at radius 1 is 1.31 bits per heavy atom. The number of nitro groups is 1. The van der Waals surface area contributed by atoms with E-state index in [9.17, 15) is 19.7 Å². The molecule has 1 aliphatic rings. The maximum Gasteiger partial charge on any atom is 0.309 e. The number of nitrogens with one attached hydrogen (secondary N) is 2. The molecule has 1 saturated heterocycles. The van der Waals surface area contributed by atoms with E-state index in [4.69, 9.17) is 9.47 Å². The fraction of sp³-hybridized carbons (Fsp3) is 0.529. The van der Waals surface area contributed by atoms with Crippen LogP contribution in [0.3, 0.4) is 0 Å². The maximum atomic E-state index is 12.6. The molecule has 1 fully saturated rings. The Kier molecular flexibility index (Phi) is 6.51. The summed E-state index contributed by atoms with van der Waals surface area (Å²) in [5.41, 5.74) is 0.141. The van der Waals surface area contributed by atoms with Crippen LogP contribution in [-0.4, -0.2) is 50.2 Å². The third kappa shape index (κ3) is 4.48. The first-order chi connectivity index (χ1) is 12.4. The number of esters is 1.